The monoisotopic (exact) mass is 233 g/mol. The molecular weight excluding hydrogens is 222 g/mol. The van der Waals surface area contributed by atoms with Crippen LogP contribution in [0.4, 0.5) is 0 Å². The van der Waals surface area contributed by atoms with E-state index in [1.807, 2.05) is 0 Å². The summed E-state index contributed by atoms with van der Waals surface area (Å²) in [4.78, 5) is 10.3. The molecule has 0 aliphatic heterocycles. The van der Waals surface area contributed by atoms with Crippen LogP contribution in [0, 0.1) is 0 Å². The topological polar surface area (TPSA) is 101 Å². The summed E-state index contributed by atoms with van der Waals surface area (Å²) in [5.74, 6) is -0.955. The zero-order chi connectivity index (χ0) is 11.5. The van der Waals surface area contributed by atoms with E-state index in [2.05, 4.69) is 9.82 Å². The van der Waals surface area contributed by atoms with Gasteiger partial charge in [-0.15, -0.1) is 0 Å². The van der Waals surface area contributed by atoms with E-state index in [1.165, 1.54) is 24.1 Å². The Hall–Kier alpha value is -1.41. The lowest BCUT2D eigenvalue weighted by atomic mass is 10.4. The van der Waals surface area contributed by atoms with Gasteiger partial charge in [-0.05, 0) is 7.05 Å². The van der Waals surface area contributed by atoms with Crippen molar-refractivity contribution >= 4 is 16.0 Å². The summed E-state index contributed by atoms with van der Waals surface area (Å²) in [7, 11) is -2.20. The minimum Gasteiger partial charge on any atom is -0.481 e. The Balaban J connectivity index is 2.77. The van der Waals surface area contributed by atoms with Gasteiger partial charge in [-0.3, -0.25) is 9.48 Å². The Morgan fingerprint density at radius 1 is 1.67 bits per heavy atom. The van der Waals surface area contributed by atoms with Crippen LogP contribution in [0.25, 0.3) is 0 Å². The van der Waals surface area contributed by atoms with Crippen LogP contribution in [0.5, 0.6) is 0 Å². The first-order chi connectivity index (χ1) is 6.95. The normalized spacial score (nSPS) is 11.5. The second kappa shape index (κ2) is 4.41. The molecule has 0 aliphatic carbocycles. The fourth-order valence-corrected chi connectivity index (χ4v) is 1.62. The van der Waals surface area contributed by atoms with E-state index in [0.29, 0.717) is 0 Å². The van der Waals surface area contributed by atoms with Crippen LogP contribution in [-0.4, -0.2) is 36.3 Å². The van der Waals surface area contributed by atoms with Crippen molar-refractivity contribution in [2.24, 2.45) is 0 Å². The van der Waals surface area contributed by atoms with E-state index < -0.39 is 16.0 Å². The molecule has 0 fully saturated rings. The molecule has 0 saturated heterocycles. The molecule has 8 heteroatoms. The number of nitrogens with zero attached hydrogens (tertiary/aromatic N) is 2. The maximum Gasteiger partial charge on any atom is 0.305 e. The number of sulfonamides is 1. The molecule has 0 bridgehead atoms. The average molecular weight is 233 g/mol. The van der Waals surface area contributed by atoms with Gasteiger partial charge in [-0.1, -0.05) is 0 Å². The first-order valence-corrected chi connectivity index (χ1v) is 5.62. The Labute approximate surface area is 86.8 Å². The summed E-state index contributed by atoms with van der Waals surface area (Å²) in [5.41, 5.74) is 0. The number of rotatable bonds is 5. The van der Waals surface area contributed by atoms with Crippen LogP contribution < -0.4 is 4.72 Å². The molecule has 7 nitrogen and oxygen atoms in total. The number of carboxylic acids is 1. The molecule has 84 valence electrons. The molecular formula is C7H11N3O4S. The van der Waals surface area contributed by atoms with Crippen molar-refractivity contribution in [3.8, 4) is 0 Å². The van der Waals surface area contributed by atoms with Crippen LogP contribution in [0.15, 0.2) is 17.3 Å². The summed E-state index contributed by atoms with van der Waals surface area (Å²) < 4.78 is 26.0. The van der Waals surface area contributed by atoms with Crippen LogP contribution in [-0.2, 0) is 21.4 Å². The van der Waals surface area contributed by atoms with E-state index in [9.17, 15) is 13.2 Å². The third kappa shape index (κ3) is 3.03. The fourth-order valence-electron chi connectivity index (χ4n) is 0.934. The number of carbonyl (C=O) groups is 1. The Bertz CT molecular complexity index is 451. The van der Waals surface area contributed by atoms with Crippen LogP contribution >= 0.6 is 0 Å². The summed E-state index contributed by atoms with van der Waals surface area (Å²) in [6, 6.07) is 0. The van der Waals surface area contributed by atoms with Crippen molar-refractivity contribution < 1.29 is 18.3 Å². The van der Waals surface area contributed by atoms with Crippen molar-refractivity contribution in [3.63, 3.8) is 0 Å². The second-order valence-corrected chi connectivity index (χ2v) is 4.68. The van der Waals surface area contributed by atoms with Crippen molar-refractivity contribution in [2.45, 2.75) is 17.9 Å². The summed E-state index contributed by atoms with van der Waals surface area (Å²) in [5, 5.41) is 12.2. The predicted molar refractivity (Wildman–Crippen MR) is 50.7 cm³/mol. The van der Waals surface area contributed by atoms with Gasteiger partial charge < -0.3 is 5.11 Å². The molecule has 0 unspecified atom stereocenters. The number of aliphatic carboxylic acids is 1. The molecule has 1 aromatic heterocycles. The Morgan fingerprint density at radius 3 is 2.87 bits per heavy atom. The van der Waals surface area contributed by atoms with E-state index in [1.54, 1.807) is 0 Å². The molecule has 15 heavy (non-hydrogen) atoms. The van der Waals surface area contributed by atoms with Crippen LogP contribution in [0.3, 0.4) is 0 Å². The van der Waals surface area contributed by atoms with Gasteiger partial charge in [0.2, 0.25) is 10.0 Å². The van der Waals surface area contributed by atoms with E-state index in [4.69, 9.17) is 5.11 Å². The second-order valence-electron chi connectivity index (χ2n) is 2.79. The molecule has 0 spiro atoms. The van der Waals surface area contributed by atoms with Crippen molar-refractivity contribution in [2.75, 3.05) is 7.05 Å². The van der Waals surface area contributed by atoms with Gasteiger partial charge in [0.1, 0.15) is 4.90 Å². The highest BCUT2D eigenvalue weighted by Gasteiger charge is 2.13. The number of hydrogen-bond donors (Lipinski definition) is 2. The average Bonchev–Trinajstić information content (AvgIpc) is 2.63. The number of hydrogen-bond acceptors (Lipinski definition) is 4. The smallest absolute Gasteiger partial charge is 0.305 e. The van der Waals surface area contributed by atoms with E-state index >= 15 is 0 Å². The summed E-state index contributed by atoms with van der Waals surface area (Å²) in [6.07, 6.45) is 2.36. The van der Waals surface area contributed by atoms with Gasteiger partial charge in [0.15, 0.2) is 0 Å². The van der Waals surface area contributed by atoms with E-state index in [-0.39, 0.29) is 17.9 Å². The van der Waals surface area contributed by atoms with Gasteiger partial charge >= 0.3 is 5.97 Å². The SMILES string of the molecule is CNS(=O)(=O)c1cnn(CCC(=O)O)c1. The van der Waals surface area contributed by atoms with Crippen molar-refractivity contribution in [3.05, 3.63) is 12.4 Å². The molecule has 0 saturated carbocycles. The lowest BCUT2D eigenvalue weighted by Gasteiger charge is -1.97. The molecule has 0 aliphatic rings. The van der Waals surface area contributed by atoms with Gasteiger partial charge in [-0.25, -0.2) is 13.1 Å². The summed E-state index contributed by atoms with van der Waals surface area (Å²) >= 11 is 0. The fraction of sp³-hybridized carbons (Fsp3) is 0.429. The Morgan fingerprint density at radius 2 is 2.33 bits per heavy atom. The maximum atomic E-state index is 11.3. The number of carboxylic acid groups (broad SMARTS) is 1. The predicted octanol–water partition coefficient (Wildman–Crippen LogP) is -0.734. The van der Waals surface area contributed by atoms with Gasteiger partial charge in [-0.2, -0.15) is 5.10 Å². The van der Waals surface area contributed by atoms with Crippen LogP contribution in [0.1, 0.15) is 6.42 Å². The van der Waals surface area contributed by atoms with Gasteiger partial charge in [0.05, 0.1) is 19.2 Å². The number of nitrogens with one attached hydrogen (secondary N) is 1. The Kier molecular flexibility index (Phi) is 3.43. The first-order valence-electron chi connectivity index (χ1n) is 4.13. The molecule has 0 aromatic carbocycles. The molecule has 0 amide bonds. The minimum atomic E-state index is -3.50. The maximum absolute atomic E-state index is 11.3. The lowest BCUT2D eigenvalue weighted by molar-refractivity contribution is -0.137. The highest BCUT2D eigenvalue weighted by Crippen LogP contribution is 2.06. The zero-order valence-corrected chi connectivity index (χ0v) is 8.86. The minimum absolute atomic E-state index is 0.0235. The van der Waals surface area contributed by atoms with E-state index in [0.717, 1.165) is 0 Å². The standard InChI is InChI=1S/C7H11N3O4S/c1-8-15(13,14)6-4-9-10(5-6)3-2-7(11)12/h4-5,8H,2-3H2,1H3,(H,11,12). The third-order valence-electron chi connectivity index (χ3n) is 1.74. The molecule has 1 rings (SSSR count). The van der Waals surface area contributed by atoms with Gasteiger partial charge in [0.25, 0.3) is 0 Å². The quantitative estimate of drug-likeness (QED) is 0.698. The van der Waals surface area contributed by atoms with Gasteiger partial charge in [0, 0.05) is 6.20 Å². The third-order valence-corrected chi connectivity index (χ3v) is 3.11. The molecule has 1 aromatic rings. The first kappa shape index (κ1) is 11.7. The van der Waals surface area contributed by atoms with Crippen molar-refractivity contribution in [1.29, 1.82) is 0 Å². The highest BCUT2D eigenvalue weighted by molar-refractivity contribution is 7.89. The number of aryl methyl sites for hydroxylation is 1. The molecule has 1 heterocycles. The largest absolute Gasteiger partial charge is 0.481 e. The van der Waals surface area contributed by atoms with Crippen LogP contribution in [0.2, 0.25) is 0 Å². The van der Waals surface area contributed by atoms with Crippen molar-refractivity contribution in [1.82, 2.24) is 14.5 Å². The zero-order valence-electron chi connectivity index (χ0n) is 8.04. The molecule has 0 radical (unpaired) electrons. The lowest BCUT2D eigenvalue weighted by Crippen LogP contribution is -2.17. The molecule has 0 atom stereocenters. The number of aromatic nitrogens is 2. The molecule has 2 N–H and O–H groups in total. The highest BCUT2D eigenvalue weighted by atomic mass is 32.2. The summed E-state index contributed by atoms with van der Waals surface area (Å²) in [6.45, 7) is 0.147.